The summed E-state index contributed by atoms with van der Waals surface area (Å²) in [6, 6.07) is 0. The topological polar surface area (TPSA) is 55.3 Å². The Bertz CT molecular complexity index is 459. The van der Waals surface area contributed by atoms with Crippen LogP contribution in [0.15, 0.2) is 10.2 Å². The second-order valence-corrected chi connectivity index (χ2v) is 7.10. The summed E-state index contributed by atoms with van der Waals surface area (Å²) < 4.78 is 0. The minimum absolute atomic E-state index is 0.693. The van der Waals surface area contributed by atoms with E-state index in [4.69, 9.17) is 24.4 Å². The summed E-state index contributed by atoms with van der Waals surface area (Å²) in [5, 5.41) is 10.1. The largest absolute Gasteiger partial charge is 0.348 e. The van der Waals surface area contributed by atoms with Crippen molar-refractivity contribution in [2.45, 2.75) is 52.4 Å². The summed E-state index contributed by atoms with van der Waals surface area (Å²) in [4.78, 5) is 4.34. The molecule has 2 fully saturated rings. The second kappa shape index (κ2) is 9.88. The molecule has 0 unspecified atom stereocenters. The molecule has 0 aromatic rings. The highest BCUT2D eigenvalue weighted by molar-refractivity contribution is 7.80. The van der Waals surface area contributed by atoms with Crippen LogP contribution in [-0.2, 0) is 0 Å². The molecule has 0 bridgehead atoms. The predicted octanol–water partition coefficient (Wildman–Crippen LogP) is 2.46. The summed E-state index contributed by atoms with van der Waals surface area (Å²) in [6.07, 6.45) is 7.36. The number of likely N-dealkylation sites (tertiary alicyclic amines) is 2. The van der Waals surface area contributed by atoms with Gasteiger partial charge in [-0.1, -0.05) is 0 Å². The van der Waals surface area contributed by atoms with E-state index >= 15 is 0 Å². The molecule has 8 heteroatoms. The van der Waals surface area contributed by atoms with Crippen LogP contribution in [0, 0.1) is 0 Å². The van der Waals surface area contributed by atoms with E-state index in [0.29, 0.717) is 10.2 Å². The molecule has 2 saturated heterocycles. The van der Waals surface area contributed by atoms with Crippen LogP contribution in [-0.4, -0.2) is 57.6 Å². The third kappa shape index (κ3) is 5.98. The minimum atomic E-state index is 0.693. The molecule has 6 nitrogen and oxygen atoms in total. The summed E-state index contributed by atoms with van der Waals surface area (Å²) >= 11 is 10.8. The molecule has 0 aromatic carbocycles. The molecule has 134 valence electrons. The standard InChI is InChI=1S/C16H28N6S2/c1-13(17-19-15(23)21-9-5-3-6-10-21)14(2)18-20-16(24)22-11-7-4-8-12-22/h3-12H2,1-2H3,(H,19,23)(H,20,24)/b17-13-,18-14-. The van der Waals surface area contributed by atoms with E-state index in [-0.39, 0.29) is 0 Å². The highest BCUT2D eigenvalue weighted by atomic mass is 32.1. The van der Waals surface area contributed by atoms with Gasteiger partial charge < -0.3 is 9.80 Å². The fourth-order valence-corrected chi connectivity index (χ4v) is 3.22. The van der Waals surface area contributed by atoms with Gasteiger partial charge in [0.1, 0.15) is 0 Å². The van der Waals surface area contributed by atoms with E-state index < -0.39 is 0 Å². The van der Waals surface area contributed by atoms with E-state index in [1.165, 1.54) is 38.5 Å². The Morgan fingerprint density at radius 2 is 1.00 bits per heavy atom. The first-order valence-electron chi connectivity index (χ1n) is 8.76. The average molecular weight is 369 g/mol. The van der Waals surface area contributed by atoms with Gasteiger partial charge in [-0.05, 0) is 76.8 Å². The van der Waals surface area contributed by atoms with Crippen LogP contribution in [0.5, 0.6) is 0 Å². The van der Waals surface area contributed by atoms with Crippen molar-refractivity contribution in [2.75, 3.05) is 26.2 Å². The van der Waals surface area contributed by atoms with Gasteiger partial charge in [-0.15, -0.1) is 0 Å². The first kappa shape index (κ1) is 19.1. The fourth-order valence-electron chi connectivity index (χ4n) is 2.76. The van der Waals surface area contributed by atoms with Crippen LogP contribution in [0.2, 0.25) is 0 Å². The van der Waals surface area contributed by atoms with Crippen LogP contribution in [0.4, 0.5) is 0 Å². The van der Waals surface area contributed by atoms with Crippen LogP contribution in [0.1, 0.15) is 52.4 Å². The Balaban J connectivity index is 1.79. The van der Waals surface area contributed by atoms with Gasteiger partial charge in [0.15, 0.2) is 10.2 Å². The Morgan fingerprint density at radius 1 is 0.667 bits per heavy atom. The minimum Gasteiger partial charge on any atom is -0.348 e. The molecule has 0 atom stereocenters. The maximum atomic E-state index is 5.40. The molecule has 0 spiro atoms. The van der Waals surface area contributed by atoms with Gasteiger partial charge in [0.25, 0.3) is 0 Å². The van der Waals surface area contributed by atoms with E-state index in [0.717, 1.165) is 37.6 Å². The Labute approximate surface area is 155 Å². The average Bonchev–Trinajstić information content (AvgIpc) is 2.64. The Hall–Kier alpha value is -1.28. The van der Waals surface area contributed by atoms with Gasteiger partial charge in [-0.3, -0.25) is 10.9 Å². The summed E-state index contributed by atoms with van der Waals surface area (Å²) in [6.45, 7) is 7.88. The summed E-state index contributed by atoms with van der Waals surface area (Å²) in [7, 11) is 0. The van der Waals surface area contributed by atoms with E-state index in [9.17, 15) is 0 Å². The van der Waals surface area contributed by atoms with Crippen molar-refractivity contribution in [3.63, 3.8) is 0 Å². The van der Waals surface area contributed by atoms with Gasteiger partial charge in [-0.2, -0.15) is 10.2 Å². The normalized spacial score (nSPS) is 19.9. The molecular formula is C16H28N6S2. The SMILES string of the molecule is CC(=N/NC(=S)N1CCCCC1)/C(C)=N\NC(=S)N1CCCCC1. The second-order valence-electron chi connectivity index (χ2n) is 6.32. The number of hydrogen-bond acceptors (Lipinski definition) is 4. The van der Waals surface area contributed by atoms with Crippen molar-refractivity contribution >= 4 is 46.1 Å². The molecule has 24 heavy (non-hydrogen) atoms. The number of rotatable bonds is 3. The van der Waals surface area contributed by atoms with Crippen molar-refractivity contribution in [2.24, 2.45) is 10.2 Å². The number of piperidine rings is 2. The summed E-state index contributed by atoms with van der Waals surface area (Å²) in [5.41, 5.74) is 7.54. The molecular weight excluding hydrogens is 340 g/mol. The molecule has 0 amide bonds. The first-order chi connectivity index (χ1) is 11.6. The highest BCUT2D eigenvalue weighted by Gasteiger charge is 2.14. The van der Waals surface area contributed by atoms with Crippen LogP contribution in [0.25, 0.3) is 0 Å². The Kier molecular flexibility index (Phi) is 7.84. The zero-order valence-corrected chi connectivity index (χ0v) is 16.3. The molecule has 2 heterocycles. The van der Waals surface area contributed by atoms with Gasteiger partial charge >= 0.3 is 0 Å². The van der Waals surface area contributed by atoms with Gasteiger partial charge in [0, 0.05) is 26.2 Å². The van der Waals surface area contributed by atoms with Gasteiger partial charge in [0.2, 0.25) is 0 Å². The molecule has 2 aliphatic rings. The molecule has 2 rings (SSSR count). The monoisotopic (exact) mass is 368 g/mol. The van der Waals surface area contributed by atoms with Crippen LogP contribution >= 0.6 is 24.4 Å². The molecule has 2 aliphatic heterocycles. The highest BCUT2D eigenvalue weighted by Crippen LogP contribution is 2.09. The van der Waals surface area contributed by atoms with Gasteiger partial charge in [-0.25, -0.2) is 0 Å². The fraction of sp³-hybridized carbons (Fsp3) is 0.750. The van der Waals surface area contributed by atoms with Crippen molar-refractivity contribution in [3.05, 3.63) is 0 Å². The van der Waals surface area contributed by atoms with Crippen LogP contribution < -0.4 is 10.9 Å². The van der Waals surface area contributed by atoms with E-state index in [1.807, 2.05) is 13.8 Å². The molecule has 2 N–H and O–H groups in total. The zero-order chi connectivity index (χ0) is 17.4. The number of nitrogens with zero attached hydrogens (tertiary/aromatic N) is 4. The smallest absolute Gasteiger partial charge is 0.189 e. The van der Waals surface area contributed by atoms with Crippen molar-refractivity contribution < 1.29 is 0 Å². The Morgan fingerprint density at radius 3 is 1.33 bits per heavy atom. The number of thiocarbonyl (C=S) groups is 2. The maximum Gasteiger partial charge on any atom is 0.189 e. The van der Waals surface area contributed by atoms with Crippen molar-refractivity contribution in [3.8, 4) is 0 Å². The van der Waals surface area contributed by atoms with E-state index in [2.05, 4.69) is 30.9 Å². The molecule has 0 saturated carbocycles. The molecule has 0 aliphatic carbocycles. The lowest BCUT2D eigenvalue weighted by Crippen LogP contribution is -2.41. The van der Waals surface area contributed by atoms with Crippen molar-refractivity contribution in [1.82, 2.24) is 20.7 Å². The van der Waals surface area contributed by atoms with Crippen LogP contribution in [0.3, 0.4) is 0 Å². The quantitative estimate of drug-likeness (QED) is 0.453. The predicted molar refractivity (Wildman–Crippen MR) is 109 cm³/mol. The van der Waals surface area contributed by atoms with E-state index in [1.54, 1.807) is 0 Å². The first-order valence-corrected chi connectivity index (χ1v) is 9.58. The lowest BCUT2D eigenvalue weighted by Gasteiger charge is -2.28. The lowest BCUT2D eigenvalue weighted by atomic mass is 10.1. The number of hydrogen-bond donors (Lipinski definition) is 2. The summed E-state index contributed by atoms with van der Waals surface area (Å²) in [5.74, 6) is 0. The zero-order valence-electron chi connectivity index (χ0n) is 14.7. The maximum absolute atomic E-state index is 5.40. The number of hydrazone groups is 2. The van der Waals surface area contributed by atoms with Crippen molar-refractivity contribution in [1.29, 1.82) is 0 Å². The third-order valence-corrected chi connectivity index (χ3v) is 5.15. The lowest BCUT2D eigenvalue weighted by molar-refractivity contribution is 0.338. The number of nitrogens with one attached hydrogen (secondary N) is 2. The molecule has 0 radical (unpaired) electrons. The molecule has 0 aromatic heterocycles. The van der Waals surface area contributed by atoms with Gasteiger partial charge in [0.05, 0.1) is 11.4 Å². The third-order valence-electron chi connectivity index (χ3n) is 4.45.